The number of anilines is 1. The molecule has 2 aromatic rings. The summed E-state index contributed by atoms with van der Waals surface area (Å²) < 4.78 is 13.6. The van der Waals surface area contributed by atoms with E-state index in [9.17, 15) is 19.1 Å². The maximum atomic E-state index is 13.6. The third-order valence-electron chi connectivity index (χ3n) is 2.85. The maximum Gasteiger partial charge on any atom is 0.339 e. The summed E-state index contributed by atoms with van der Waals surface area (Å²) >= 11 is 0. The third kappa shape index (κ3) is 3.17. The van der Waals surface area contributed by atoms with Crippen LogP contribution >= 0.6 is 0 Å². The summed E-state index contributed by atoms with van der Waals surface area (Å²) in [7, 11) is 0. The fourth-order valence-electron chi connectivity index (χ4n) is 1.80. The van der Waals surface area contributed by atoms with Gasteiger partial charge in [-0.15, -0.1) is 0 Å². The second kappa shape index (κ2) is 5.62. The fraction of sp³-hybridized carbons (Fsp3) is 0.0667. The van der Waals surface area contributed by atoms with Crippen LogP contribution in [-0.2, 0) is 0 Å². The summed E-state index contributed by atoms with van der Waals surface area (Å²) in [5, 5.41) is 20.7. The first kappa shape index (κ1) is 14.5. The van der Waals surface area contributed by atoms with E-state index in [2.05, 4.69) is 5.32 Å². The van der Waals surface area contributed by atoms with Gasteiger partial charge in [0.15, 0.2) is 0 Å². The van der Waals surface area contributed by atoms with Crippen molar-refractivity contribution in [2.45, 2.75) is 6.92 Å². The van der Waals surface area contributed by atoms with Gasteiger partial charge in [0.05, 0.1) is 5.56 Å². The molecule has 108 valence electrons. The van der Waals surface area contributed by atoms with Gasteiger partial charge in [-0.2, -0.15) is 0 Å². The number of aromatic carboxylic acids is 1. The Morgan fingerprint density at radius 1 is 1.10 bits per heavy atom. The predicted octanol–water partition coefficient (Wildman–Crippen LogP) is 2.79. The Kier molecular flexibility index (Phi) is 3.89. The van der Waals surface area contributed by atoms with E-state index in [1.165, 1.54) is 24.3 Å². The van der Waals surface area contributed by atoms with E-state index in [-0.39, 0.29) is 16.8 Å². The largest absolute Gasteiger partial charge is 0.507 e. The molecule has 0 atom stereocenters. The molecule has 0 radical (unpaired) electrons. The number of carbonyl (C=O) groups is 2. The van der Waals surface area contributed by atoms with E-state index in [0.29, 0.717) is 0 Å². The van der Waals surface area contributed by atoms with Crippen molar-refractivity contribution in [2.24, 2.45) is 0 Å². The number of carboxylic acid groups (broad SMARTS) is 1. The third-order valence-corrected chi connectivity index (χ3v) is 2.85. The van der Waals surface area contributed by atoms with Crippen molar-refractivity contribution in [2.75, 3.05) is 5.32 Å². The Morgan fingerprint density at radius 3 is 2.48 bits per heavy atom. The highest BCUT2D eigenvalue weighted by molar-refractivity contribution is 6.05. The molecule has 0 spiro atoms. The van der Waals surface area contributed by atoms with Gasteiger partial charge in [-0.3, -0.25) is 4.79 Å². The van der Waals surface area contributed by atoms with Crippen molar-refractivity contribution in [3.63, 3.8) is 0 Å². The molecule has 2 aromatic carbocycles. The van der Waals surface area contributed by atoms with E-state index < -0.39 is 23.4 Å². The normalized spacial score (nSPS) is 10.2. The number of halogens is 1. The molecule has 0 bridgehead atoms. The minimum Gasteiger partial charge on any atom is -0.507 e. The first-order chi connectivity index (χ1) is 9.88. The molecule has 0 aliphatic rings. The van der Waals surface area contributed by atoms with Crippen LogP contribution in [0.1, 0.15) is 26.3 Å². The summed E-state index contributed by atoms with van der Waals surface area (Å²) in [4.78, 5) is 22.9. The van der Waals surface area contributed by atoms with E-state index >= 15 is 0 Å². The highest BCUT2D eigenvalue weighted by Crippen LogP contribution is 2.22. The quantitative estimate of drug-likeness (QED) is 0.758. The van der Waals surface area contributed by atoms with Crippen LogP contribution in [0.2, 0.25) is 0 Å². The van der Waals surface area contributed by atoms with Crippen molar-refractivity contribution >= 4 is 17.6 Å². The SMILES string of the molecule is Cc1ccc(F)c(C(=O)Nc2ccc(O)c(C(=O)O)c2)c1. The number of benzene rings is 2. The van der Waals surface area contributed by atoms with Crippen molar-refractivity contribution < 1.29 is 24.2 Å². The van der Waals surface area contributed by atoms with Gasteiger partial charge in [0.2, 0.25) is 0 Å². The predicted molar refractivity (Wildman–Crippen MR) is 74.2 cm³/mol. The second-order valence-electron chi connectivity index (χ2n) is 4.47. The fourth-order valence-corrected chi connectivity index (χ4v) is 1.80. The lowest BCUT2D eigenvalue weighted by Gasteiger charge is -2.08. The monoisotopic (exact) mass is 289 g/mol. The lowest BCUT2D eigenvalue weighted by molar-refractivity contribution is 0.0693. The van der Waals surface area contributed by atoms with E-state index in [1.54, 1.807) is 6.92 Å². The Balaban J connectivity index is 2.29. The molecule has 0 heterocycles. The van der Waals surface area contributed by atoms with Crippen LogP contribution in [0.4, 0.5) is 10.1 Å². The number of hydrogen-bond donors (Lipinski definition) is 3. The Labute approximate surface area is 119 Å². The average Bonchev–Trinajstić information content (AvgIpc) is 2.43. The number of amides is 1. The first-order valence-electron chi connectivity index (χ1n) is 6.02. The van der Waals surface area contributed by atoms with Crippen LogP contribution in [0.15, 0.2) is 36.4 Å². The molecule has 0 aromatic heterocycles. The summed E-state index contributed by atoms with van der Waals surface area (Å²) in [5.41, 5.74) is 0.382. The van der Waals surface area contributed by atoms with Crippen LogP contribution in [0.25, 0.3) is 0 Å². The first-order valence-corrected chi connectivity index (χ1v) is 6.02. The molecular formula is C15H12FNO4. The Hall–Kier alpha value is -2.89. The van der Waals surface area contributed by atoms with Crippen molar-refractivity contribution in [1.29, 1.82) is 0 Å². The smallest absolute Gasteiger partial charge is 0.339 e. The minimum atomic E-state index is -1.33. The molecule has 6 heteroatoms. The number of nitrogens with one attached hydrogen (secondary N) is 1. The summed E-state index contributed by atoms with van der Waals surface area (Å²) in [6.45, 7) is 1.72. The molecule has 0 saturated heterocycles. The van der Waals surface area contributed by atoms with Crippen LogP contribution in [0.5, 0.6) is 5.75 Å². The number of aryl methyl sites for hydroxylation is 1. The summed E-state index contributed by atoms with van der Waals surface area (Å²) in [5.74, 6) is -3.11. The maximum absolute atomic E-state index is 13.6. The van der Waals surface area contributed by atoms with Crippen molar-refractivity contribution in [3.05, 3.63) is 58.9 Å². The Morgan fingerprint density at radius 2 is 1.81 bits per heavy atom. The van der Waals surface area contributed by atoms with E-state index in [1.807, 2.05) is 0 Å². The van der Waals surface area contributed by atoms with Crippen LogP contribution in [0.3, 0.4) is 0 Å². The molecule has 0 aliphatic heterocycles. The van der Waals surface area contributed by atoms with Gasteiger partial charge in [0.25, 0.3) is 5.91 Å². The minimum absolute atomic E-state index is 0.139. The van der Waals surface area contributed by atoms with E-state index in [4.69, 9.17) is 5.11 Å². The van der Waals surface area contributed by atoms with Gasteiger partial charge < -0.3 is 15.5 Å². The summed E-state index contributed by atoms with van der Waals surface area (Å²) in [6, 6.07) is 7.68. The molecule has 3 N–H and O–H groups in total. The molecule has 2 rings (SSSR count). The van der Waals surface area contributed by atoms with Crippen LogP contribution in [-0.4, -0.2) is 22.1 Å². The molecular weight excluding hydrogens is 277 g/mol. The van der Waals surface area contributed by atoms with Crippen molar-refractivity contribution in [1.82, 2.24) is 0 Å². The van der Waals surface area contributed by atoms with Crippen molar-refractivity contribution in [3.8, 4) is 5.75 Å². The van der Waals surface area contributed by atoms with E-state index in [0.717, 1.165) is 17.7 Å². The topological polar surface area (TPSA) is 86.6 Å². The van der Waals surface area contributed by atoms with Crippen LogP contribution < -0.4 is 5.32 Å². The summed E-state index contributed by atoms with van der Waals surface area (Å²) in [6.07, 6.45) is 0. The van der Waals surface area contributed by atoms with Gasteiger partial charge in [0.1, 0.15) is 17.1 Å². The molecule has 0 unspecified atom stereocenters. The van der Waals surface area contributed by atoms with Gasteiger partial charge in [-0.25, -0.2) is 9.18 Å². The lowest BCUT2D eigenvalue weighted by Crippen LogP contribution is -2.14. The zero-order valence-corrected chi connectivity index (χ0v) is 11.1. The molecule has 0 fully saturated rings. The zero-order chi connectivity index (χ0) is 15.6. The molecule has 0 saturated carbocycles. The Bertz CT molecular complexity index is 728. The number of phenols is 1. The van der Waals surface area contributed by atoms with Gasteiger partial charge >= 0.3 is 5.97 Å². The highest BCUT2D eigenvalue weighted by Gasteiger charge is 2.15. The number of aromatic hydroxyl groups is 1. The van der Waals surface area contributed by atoms with Gasteiger partial charge in [-0.1, -0.05) is 11.6 Å². The molecule has 1 amide bonds. The lowest BCUT2D eigenvalue weighted by atomic mass is 10.1. The second-order valence-corrected chi connectivity index (χ2v) is 4.47. The highest BCUT2D eigenvalue weighted by atomic mass is 19.1. The standard InChI is InChI=1S/C15H12FNO4/c1-8-2-4-12(16)10(6-8)14(19)17-9-3-5-13(18)11(7-9)15(20)21/h2-7,18H,1H3,(H,17,19)(H,20,21). The zero-order valence-electron chi connectivity index (χ0n) is 11.1. The average molecular weight is 289 g/mol. The molecule has 5 nitrogen and oxygen atoms in total. The number of carbonyl (C=O) groups excluding carboxylic acids is 1. The van der Waals surface area contributed by atoms with Gasteiger partial charge in [-0.05, 0) is 37.3 Å². The molecule has 21 heavy (non-hydrogen) atoms. The number of hydrogen-bond acceptors (Lipinski definition) is 3. The number of rotatable bonds is 3. The van der Waals surface area contributed by atoms with Gasteiger partial charge in [0, 0.05) is 5.69 Å². The van der Waals surface area contributed by atoms with Crippen LogP contribution in [0, 0.1) is 12.7 Å². The molecule has 0 aliphatic carbocycles. The number of carboxylic acids is 1.